The van der Waals surface area contributed by atoms with E-state index in [4.69, 9.17) is 23.8 Å². The summed E-state index contributed by atoms with van der Waals surface area (Å²) < 4.78 is 0. The number of hydrogen-bond acceptors (Lipinski definition) is 3. The zero-order valence-electron chi connectivity index (χ0n) is 11.2. The van der Waals surface area contributed by atoms with Crippen LogP contribution in [0.4, 0.5) is 5.69 Å². The summed E-state index contributed by atoms with van der Waals surface area (Å²) in [6.45, 7) is 2.68. The largest absolute Gasteiger partial charge is 0.382 e. The Balaban J connectivity index is 1.96. The molecular formula is C15H18ClN3O. The number of benzene rings is 1. The number of piperidine rings is 1. The van der Waals surface area contributed by atoms with Crippen LogP contribution in [0.5, 0.6) is 0 Å². The van der Waals surface area contributed by atoms with E-state index in [2.05, 4.69) is 16.1 Å². The van der Waals surface area contributed by atoms with E-state index < -0.39 is 5.91 Å². The third-order valence-corrected chi connectivity index (χ3v) is 3.83. The van der Waals surface area contributed by atoms with Crippen molar-refractivity contribution in [3.63, 3.8) is 0 Å². The molecule has 1 aliphatic heterocycles. The Morgan fingerprint density at radius 3 is 2.80 bits per heavy atom. The van der Waals surface area contributed by atoms with Gasteiger partial charge in [0.05, 0.1) is 17.1 Å². The predicted molar refractivity (Wildman–Crippen MR) is 81.9 cm³/mol. The second-order valence-corrected chi connectivity index (χ2v) is 5.36. The number of anilines is 1. The van der Waals surface area contributed by atoms with Crippen LogP contribution in [-0.2, 0) is 0 Å². The van der Waals surface area contributed by atoms with E-state index in [-0.39, 0.29) is 0 Å². The molecule has 1 aromatic carbocycles. The van der Waals surface area contributed by atoms with Gasteiger partial charge in [0.2, 0.25) is 5.91 Å². The fourth-order valence-corrected chi connectivity index (χ4v) is 2.61. The molecule has 1 heterocycles. The minimum atomic E-state index is -0.512. The molecular weight excluding hydrogens is 274 g/mol. The molecule has 1 amide bonds. The van der Waals surface area contributed by atoms with Crippen LogP contribution in [0.15, 0.2) is 18.2 Å². The first-order valence-electron chi connectivity index (χ1n) is 6.62. The van der Waals surface area contributed by atoms with Gasteiger partial charge in [-0.2, -0.15) is 0 Å². The van der Waals surface area contributed by atoms with Gasteiger partial charge in [0.15, 0.2) is 0 Å². The first-order valence-corrected chi connectivity index (χ1v) is 6.99. The normalized spacial score (nSPS) is 16.6. The van der Waals surface area contributed by atoms with Gasteiger partial charge in [-0.3, -0.25) is 9.69 Å². The van der Waals surface area contributed by atoms with E-state index in [1.165, 1.54) is 0 Å². The first-order chi connectivity index (χ1) is 9.60. The Morgan fingerprint density at radius 2 is 2.20 bits per heavy atom. The highest BCUT2D eigenvalue weighted by Gasteiger charge is 2.18. The van der Waals surface area contributed by atoms with E-state index in [0.717, 1.165) is 31.6 Å². The molecule has 1 saturated heterocycles. The zero-order chi connectivity index (χ0) is 14.5. The van der Waals surface area contributed by atoms with Crippen LogP contribution in [0.3, 0.4) is 0 Å². The summed E-state index contributed by atoms with van der Waals surface area (Å²) in [4.78, 5) is 13.5. The van der Waals surface area contributed by atoms with Crippen LogP contribution in [0.1, 0.15) is 23.2 Å². The first kappa shape index (κ1) is 14.7. The summed E-state index contributed by atoms with van der Waals surface area (Å²) in [6, 6.07) is 5.64. The number of halogens is 1. The van der Waals surface area contributed by atoms with Crippen molar-refractivity contribution in [2.24, 2.45) is 5.73 Å². The smallest absolute Gasteiger partial charge is 0.250 e. The van der Waals surface area contributed by atoms with Crippen molar-refractivity contribution in [3.05, 3.63) is 28.8 Å². The number of nitrogens with one attached hydrogen (secondary N) is 1. The van der Waals surface area contributed by atoms with Crippen LogP contribution in [0, 0.1) is 12.3 Å². The van der Waals surface area contributed by atoms with Crippen LogP contribution in [-0.4, -0.2) is 36.5 Å². The van der Waals surface area contributed by atoms with Crippen molar-refractivity contribution in [1.29, 1.82) is 0 Å². The number of carbonyl (C=O) groups excluding carboxylic acids is 1. The van der Waals surface area contributed by atoms with Crippen LogP contribution in [0.25, 0.3) is 0 Å². The third kappa shape index (κ3) is 3.66. The maximum absolute atomic E-state index is 11.3. The Hall–Kier alpha value is -1.70. The van der Waals surface area contributed by atoms with Crippen molar-refractivity contribution >= 4 is 23.2 Å². The Labute approximate surface area is 124 Å². The van der Waals surface area contributed by atoms with Crippen LogP contribution >= 0.6 is 11.6 Å². The number of rotatable bonds is 4. The SMILES string of the molecule is C#CCN1CCC(Nc2ccc(Cl)c(C(N)=O)c2)CC1. The van der Waals surface area contributed by atoms with Crippen molar-refractivity contribution < 1.29 is 4.79 Å². The molecule has 106 valence electrons. The summed E-state index contributed by atoms with van der Waals surface area (Å²) in [5.74, 6) is 2.16. The lowest BCUT2D eigenvalue weighted by Crippen LogP contribution is -2.39. The molecule has 2 rings (SSSR count). The van der Waals surface area contributed by atoms with Gasteiger partial charge in [0.25, 0.3) is 0 Å². The van der Waals surface area contributed by atoms with E-state index >= 15 is 0 Å². The Morgan fingerprint density at radius 1 is 1.50 bits per heavy atom. The zero-order valence-corrected chi connectivity index (χ0v) is 12.0. The van der Waals surface area contributed by atoms with Crippen molar-refractivity contribution in [1.82, 2.24) is 4.90 Å². The summed E-state index contributed by atoms with van der Waals surface area (Å²) >= 11 is 5.93. The number of nitrogens with zero attached hydrogens (tertiary/aromatic N) is 1. The molecule has 1 aliphatic rings. The van der Waals surface area contributed by atoms with Crippen LogP contribution < -0.4 is 11.1 Å². The topological polar surface area (TPSA) is 58.4 Å². The van der Waals surface area contributed by atoms with Crippen molar-refractivity contribution in [3.8, 4) is 12.3 Å². The van der Waals surface area contributed by atoms with Gasteiger partial charge >= 0.3 is 0 Å². The molecule has 5 heteroatoms. The van der Waals surface area contributed by atoms with Crippen molar-refractivity contribution in [2.45, 2.75) is 18.9 Å². The molecule has 1 fully saturated rings. The van der Waals surface area contributed by atoms with Gasteiger partial charge in [0.1, 0.15) is 0 Å². The molecule has 1 aromatic rings. The quantitative estimate of drug-likeness (QED) is 0.834. The molecule has 0 atom stereocenters. The third-order valence-electron chi connectivity index (χ3n) is 3.51. The lowest BCUT2D eigenvalue weighted by molar-refractivity contribution is 0.100. The van der Waals surface area contributed by atoms with E-state index in [1.807, 2.05) is 6.07 Å². The molecule has 0 unspecified atom stereocenters. The highest BCUT2D eigenvalue weighted by atomic mass is 35.5. The molecule has 4 nitrogen and oxygen atoms in total. The fourth-order valence-electron chi connectivity index (χ4n) is 2.40. The molecule has 3 N–H and O–H groups in total. The van der Waals surface area contributed by atoms with Gasteiger partial charge in [-0.25, -0.2) is 0 Å². The summed E-state index contributed by atoms with van der Waals surface area (Å²) in [5.41, 5.74) is 6.51. The Bertz CT molecular complexity index is 530. The van der Waals surface area contributed by atoms with Gasteiger partial charge in [0, 0.05) is 24.8 Å². The second kappa shape index (κ2) is 6.65. The number of amides is 1. The maximum Gasteiger partial charge on any atom is 0.250 e. The number of carbonyl (C=O) groups is 1. The average Bonchev–Trinajstić information content (AvgIpc) is 2.43. The standard InChI is InChI=1S/C15H18ClN3O/c1-2-7-19-8-5-11(6-9-19)18-12-3-4-14(16)13(10-12)15(17)20/h1,3-4,10-11,18H,5-9H2,(H2,17,20). The number of primary amides is 1. The van der Waals surface area contributed by atoms with Gasteiger partial charge in [-0.1, -0.05) is 17.5 Å². The number of terminal acetylenes is 1. The highest BCUT2D eigenvalue weighted by Crippen LogP contribution is 2.22. The molecule has 0 aromatic heterocycles. The summed E-state index contributed by atoms with van der Waals surface area (Å²) in [7, 11) is 0. The molecule has 0 bridgehead atoms. The second-order valence-electron chi connectivity index (χ2n) is 4.96. The van der Waals surface area contributed by atoms with Gasteiger partial charge < -0.3 is 11.1 Å². The molecule has 0 radical (unpaired) electrons. The van der Waals surface area contributed by atoms with E-state index in [0.29, 0.717) is 23.2 Å². The average molecular weight is 292 g/mol. The predicted octanol–water partition coefficient (Wildman–Crippen LogP) is 1.95. The minimum absolute atomic E-state index is 0.349. The van der Waals surface area contributed by atoms with Gasteiger partial charge in [-0.05, 0) is 31.0 Å². The number of hydrogen-bond donors (Lipinski definition) is 2. The fraction of sp³-hybridized carbons (Fsp3) is 0.400. The minimum Gasteiger partial charge on any atom is -0.382 e. The molecule has 20 heavy (non-hydrogen) atoms. The van der Waals surface area contributed by atoms with Crippen molar-refractivity contribution in [2.75, 3.05) is 25.0 Å². The Kier molecular flexibility index (Phi) is 4.89. The molecule has 0 aliphatic carbocycles. The highest BCUT2D eigenvalue weighted by molar-refractivity contribution is 6.33. The lowest BCUT2D eigenvalue weighted by atomic mass is 10.0. The molecule has 0 spiro atoms. The van der Waals surface area contributed by atoms with Crippen LogP contribution in [0.2, 0.25) is 5.02 Å². The summed E-state index contributed by atoms with van der Waals surface area (Å²) in [6.07, 6.45) is 7.36. The van der Waals surface area contributed by atoms with E-state index in [1.54, 1.807) is 12.1 Å². The van der Waals surface area contributed by atoms with Gasteiger partial charge in [-0.15, -0.1) is 6.42 Å². The van der Waals surface area contributed by atoms with E-state index in [9.17, 15) is 4.79 Å². The number of likely N-dealkylation sites (tertiary alicyclic amines) is 1. The lowest BCUT2D eigenvalue weighted by Gasteiger charge is -2.31. The molecule has 0 saturated carbocycles. The monoisotopic (exact) mass is 291 g/mol. The maximum atomic E-state index is 11.3. The number of nitrogens with two attached hydrogens (primary N) is 1. The summed E-state index contributed by atoms with van der Waals surface area (Å²) in [5, 5.41) is 3.80.